The van der Waals surface area contributed by atoms with Crippen molar-refractivity contribution in [1.82, 2.24) is 9.88 Å². The van der Waals surface area contributed by atoms with Gasteiger partial charge in [-0.1, -0.05) is 18.2 Å². The minimum absolute atomic E-state index is 0.243. The molecule has 0 aliphatic carbocycles. The van der Waals surface area contributed by atoms with E-state index < -0.39 is 11.7 Å². The van der Waals surface area contributed by atoms with Crippen molar-refractivity contribution in [3.8, 4) is 0 Å². The Kier molecular flexibility index (Phi) is 4.21. The number of alkyl halides is 3. The number of nitrogens with zero attached hydrogens (tertiary/aromatic N) is 2. The average molecular weight is 286 g/mol. The second-order valence-electron chi connectivity index (χ2n) is 4.31. The Morgan fingerprint density at radius 2 is 1.95 bits per heavy atom. The molecule has 0 radical (unpaired) electrons. The molecule has 0 unspecified atom stereocenters. The van der Waals surface area contributed by atoms with Gasteiger partial charge in [0.05, 0.1) is 16.8 Å². The summed E-state index contributed by atoms with van der Waals surface area (Å²) in [5.74, 6) is 0. The smallest absolute Gasteiger partial charge is 0.296 e. The number of aromatic nitrogens is 1. The van der Waals surface area contributed by atoms with E-state index in [1.165, 1.54) is 23.5 Å². The first-order valence-electron chi connectivity index (χ1n) is 5.67. The molecule has 102 valence electrons. The van der Waals surface area contributed by atoms with Gasteiger partial charge in [0.1, 0.15) is 0 Å². The van der Waals surface area contributed by atoms with Crippen LogP contribution in [0.4, 0.5) is 13.2 Å². The van der Waals surface area contributed by atoms with Crippen LogP contribution in [0.5, 0.6) is 0 Å². The first-order chi connectivity index (χ1) is 8.97. The zero-order valence-corrected chi connectivity index (χ0v) is 11.1. The number of hydrogen-bond donors (Lipinski definition) is 0. The maximum Gasteiger partial charge on any atom is 0.416 e. The summed E-state index contributed by atoms with van der Waals surface area (Å²) in [5, 5.41) is 1.90. The summed E-state index contributed by atoms with van der Waals surface area (Å²) >= 11 is 1.48. The quantitative estimate of drug-likeness (QED) is 0.850. The van der Waals surface area contributed by atoms with Gasteiger partial charge in [-0.25, -0.2) is 4.98 Å². The maximum atomic E-state index is 12.8. The van der Waals surface area contributed by atoms with Gasteiger partial charge < -0.3 is 0 Å². The summed E-state index contributed by atoms with van der Waals surface area (Å²) in [6, 6.07) is 5.67. The molecule has 0 amide bonds. The highest BCUT2D eigenvalue weighted by Gasteiger charge is 2.32. The highest BCUT2D eigenvalue weighted by molar-refractivity contribution is 7.07. The van der Waals surface area contributed by atoms with Crippen LogP contribution in [-0.2, 0) is 19.3 Å². The molecule has 1 aromatic heterocycles. The van der Waals surface area contributed by atoms with Crippen molar-refractivity contribution in [2.24, 2.45) is 0 Å². The number of halogens is 3. The van der Waals surface area contributed by atoms with Crippen LogP contribution < -0.4 is 0 Å². The normalized spacial score (nSPS) is 12.1. The zero-order valence-electron chi connectivity index (χ0n) is 10.3. The molecule has 0 fully saturated rings. The van der Waals surface area contributed by atoms with Gasteiger partial charge >= 0.3 is 6.18 Å². The van der Waals surface area contributed by atoms with E-state index in [1.807, 2.05) is 10.3 Å². The molecule has 0 aliphatic rings. The summed E-state index contributed by atoms with van der Waals surface area (Å²) in [5.41, 5.74) is 2.30. The SMILES string of the molecule is CN(Cc1cscn1)Cc1ccccc1C(F)(F)F. The van der Waals surface area contributed by atoms with Crippen molar-refractivity contribution < 1.29 is 13.2 Å². The van der Waals surface area contributed by atoms with Crippen molar-refractivity contribution in [2.45, 2.75) is 19.3 Å². The summed E-state index contributed by atoms with van der Waals surface area (Å²) in [7, 11) is 1.78. The molecule has 1 aromatic carbocycles. The summed E-state index contributed by atoms with van der Waals surface area (Å²) in [6.07, 6.45) is -4.31. The van der Waals surface area contributed by atoms with Crippen LogP contribution >= 0.6 is 11.3 Å². The van der Waals surface area contributed by atoms with E-state index in [4.69, 9.17) is 0 Å². The fraction of sp³-hybridized carbons (Fsp3) is 0.308. The third kappa shape index (κ3) is 3.78. The third-order valence-corrected chi connectivity index (χ3v) is 3.31. The highest BCUT2D eigenvalue weighted by atomic mass is 32.1. The van der Waals surface area contributed by atoms with E-state index in [-0.39, 0.29) is 12.1 Å². The van der Waals surface area contributed by atoms with E-state index in [2.05, 4.69) is 4.98 Å². The first kappa shape index (κ1) is 14.0. The molecule has 0 atom stereocenters. The minimum atomic E-state index is -4.31. The Bertz CT molecular complexity index is 523. The Hall–Kier alpha value is -1.40. The maximum absolute atomic E-state index is 12.8. The van der Waals surface area contributed by atoms with Crippen LogP contribution in [0, 0.1) is 0 Å². The Balaban J connectivity index is 2.10. The second-order valence-corrected chi connectivity index (χ2v) is 5.03. The molecule has 0 spiro atoms. The molecule has 1 heterocycles. The molecule has 0 N–H and O–H groups in total. The standard InChI is InChI=1S/C13H13F3N2S/c1-18(7-11-8-19-9-17-11)6-10-4-2-3-5-12(10)13(14,15)16/h2-5,8-9H,6-7H2,1H3. The molecule has 0 saturated carbocycles. The van der Waals surface area contributed by atoms with E-state index in [9.17, 15) is 13.2 Å². The van der Waals surface area contributed by atoms with Crippen LogP contribution in [0.2, 0.25) is 0 Å². The van der Waals surface area contributed by atoms with Crippen molar-refractivity contribution in [3.63, 3.8) is 0 Å². The fourth-order valence-electron chi connectivity index (χ4n) is 1.87. The van der Waals surface area contributed by atoms with Crippen LogP contribution in [-0.4, -0.2) is 16.9 Å². The van der Waals surface area contributed by atoms with Crippen molar-refractivity contribution in [2.75, 3.05) is 7.05 Å². The second kappa shape index (κ2) is 5.71. The number of benzene rings is 1. The fourth-order valence-corrected chi connectivity index (χ4v) is 2.42. The Morgan fingerprint density at radius 1 is 1.21 bits per heavy atom. The molecule has 2 aromatic rings. The lowest BCUT2D eigenvalue weighted by Crippen LogP contribution is -2.20. The average Bonchev–Trinajstić information content (AvgIpc) is 2.81. The van der Waals surface area contributed by atoms with Crippen LogP contribution in [0.25, 0.3) is 0 Å². The van der Waals surface area contributed by atoms with Gasteiger partial charge in [-0.2, -0.15) is 13.2 Å². The van der Waals surface area contributed by atoms with Gasteiger partial charge in [-0.3, -0.25) is 4.90 Å². The molecule has 2 nitrogen and oxygen atoms in total. The topological polar surface area (TPSA) is 16.1 Å². The van der Waals surface area contributed by atoms with E-state index >= 15 is 0 Å². The first-order valence-corrected chi connectivity index (χ1v) is 6.62. The van der Waals surface area contributed by atoms with E-state index in [1.54, 1.807) is 18.6 Å². The minimum Gasteiger partial charge on any atom is -0.296 e. The van der Waals surface area contributed by atoms with Gasteiger partial charge in [0, 0.05) is 18.5 Å². The van der Waals surface area contributed by atoms with E-state index in [0.717, 1.165) is 11.8 Å². The Morgan fingerprint density at radius 3 is 2.58 bits per heavy atom. The molecule has 0 saturated heterocycles. The number of hydrogen-bond acceptors (Lipinski definition) is 3. The van der Waals surface area contributed by atoms with Gasteiger partial charge in [-0.15, -0.1) is 11.3 Å². The van der Waals surface area contributed by atoms with Crippen molar-refractivity contribution in [1.29, 1.82) is 0 Å². The number of thiazole rings is 1. The molecule has 0 aliphatic heterocycles. The lowest BCUT2D eigenvalue weighted by atomic mass is 10.1. The van der Waals surface area contributed by atoms with Crippen LogP contribution in [0.1, 0.15) is 16.8 Å². The molecular weight excluding hydrogens is 273 g/mol. The van der Waals surface area contributed by atoms with E-state index in [0.29, 0.717) is 6.54 Å². The summed E-state index contributed by atoms with van der Waals surface area (Å²) < 4.78 is 38.5. The van der Waals surface area contributed by atoms with Crippen molar-refractivity contribution in [3.05, 3.63) is 52.0 Å². The summed E-state index contributed by atoms with van der Waals surface area (Å²) in [6.45, 7) is 0.781. The molecule has 6 heteroatoms. The predicted molar refractivity (Wildman–Crippen MR) is 68.7 cm³/mol. The molecule has 19 heavy (non-hydrogen) atoms. The van der Waals surface area contributed by atoms with Crippen LogP contribution in [0.15, 0.2) is 35.2 Å². The lowest BCUT2D eigenvalue weighted by molar-refractivity contribution is -0.138. The van der Waals surface area contributed by atoms with Gasteiger partial charge in [0.2, 0.25) is 0 Å². The van der Waals surface area contributed by atoms with Crippen LogP contribution in [0.3, 0.4) is 0 Å². The third-order valence-electron chi connectivity index (χ3n) is 2.68. The number of rotatable bonds is 4. The van der Waals surface area contributed by atoms with Gasteiger partial charge in [-0.05, 0) is 18.7 Å². The Labute approximate surface area is 113 Å². The molecule has 2 rings (SSSR count). The zero-order chi connectivity index (χ0) is 13.9. The molecule has 0 bridgehead atoms. The largest absolute Gasteiger partial charge is 0.416 e. The van der Waals surface area contributed by atoms with Crippen molar-refractivity contribution >= 4 is 11.3 Å². The summed E-state index contributed by atoms with van der Waals surface area (Å²) in [4.78, 5) is 5.94. The predicted octanol–water partition coefficient (Wildman–Crippen LogP) is 3.79. The van der Waals surface area contributed by atoms with Gasteiger partial charge in [0.15, 0.2) is 0 Å². The lowest BCUT2D eigenvalue weighted by Gasteiger charge is -2.19. The highest BCUT2D eigenvalue weighted by Crippen LogP contribution is 2.32. The molecular formula is C13H13F3N2S. The van der Waals surface area contributed by atoms with Gasteiger partial charge in [0.25, 0.3) is 0 Å². The monoisotopic (exact) mass is 286 g/mol.